The average molecular weight is 420 g/mol. The fourth-order valence-electron chi connectivity index (χ4n) is 5.17. The number of hydrogen-bond donors (Lipinski definition) is 0. The van der Waals surface area contributed by atoms with E-state index in [1.165, 1.54) is 39.3 Å². The molecular formula is C30H31N2+. The van der Waals surface area contributed by atoms with Crippen molar-refractivity contribution in [3.8, 4) is 28.2 Å². The van der Waals surface area contributed by atoms with Gasteiger partial charge >= 0.3 is 0 Å². The van der Waals surface area contributed by atoms with Crippen molar-refractivity contribution in [2.75, 3.05) is 0 Å². The van der Waals surface area contributed by atoms with Crippen LogP contribution in [0.2, 0.25) is 0 Å². The van der Waals surface area contributed by atoms with Crippen LogP contribution in [0.3, 0.4) is 0 Å². The Bertz CT molecular complexity index is 1310. The van der Waals surface area contributed by atoms with Gasteiger partial charge in [0, 0.05) is 11.1 Å². The quantitative estimate of drug-likeness (QED) is 0.305. The van der Waals surface area contributed by atoms with E-state index in [1.807, 2.05) is 0 Å². The van der Waals surface area contributed by atoms with E-state index in [4.69, 9.17) is 0 Å². The van der Waals surface area contributed by atoms with Gasteiger partial charge in [-0.15, -0.1) is 0 Å². The van der Waals surface area contributed by atoms with Crippen molar-refractivity contribution in [1.29, 1.82) is 0 Å². The van der Waals surface area contributed by atoms with Crippen molar-refractivity contribution in [2.45, 2.75) is 45.4 Å². The third-order valence-corrected chi connectivity index (χ3v) is 7.23. The highest BCUT2D eigenvalue weighted by Gasteiger charge is 2.43. The normalized spacial score (nSPS) is 17.3. The molecule has 1 aliphatic rings. The topological polar surface area (TPSA) is 8.81 Å². The number of imidazole rings is 1. The molecule has 0 N–H and O–H groups in total. The lowest BCUT2D eigenvalue weighted by molar-refractivity contribution is -0.582. The van der Waals surface area contributed by atoms with E-state index in [0.29, 0.717) is 5.92 Å². The van der Waals surface area contributed by atoms with Crippen LogP contribution in [0, 0.1) is 0 Å². The zero-order chi connectivity index (χ0) is 22.5. The predicted octanol–water partition coefficient (Wildman–Crippen LogP) is 7.37. The van der Waals surface area contributed by atoms with E-state index in [9.17, 15) is 0 Å². The molecular weight excluding hydrogens is 388 g/mol. The zero-order valence-corrected chi connectivity index (χ0v) is 19.5. The third kappa shape index (κ3) is 2.90. The summed E-state index contributed by atoms with van der Waals surface area (Å²) in [7, 11) is 0. The van der Waals surface area contributed by atoms with Crippen LogP contribution in [-0.4, -0.2) is 4.57 Å². The highest BCUT2D eigenvalue weighted by molar-refractivity contribution is 5.78. The van der Waals surface area contributed by atoms with Crippen LogP contribution < -0.4 is 4.57 Å². The van der Waals surface area contributed by atoms with Gasteiger partial charge < -0.3 is 0 Å². The van der Waals surface area contributed by atoms with Gasteiger partial charge in [0.15, 0.2) is 0 Å². The van der Waals surface area contributed by atoms with Crippen LogP contribution in [-0.2, 0) is 5.41 Å². The fraction of sp³-hybridized carbons (Fsp3) is 0.233. The summed E-state index contributed by atoms with van der Waals surface area (Å²) in [4.78, 5) is 0. The van der Waals surface area contributed by atoms with E-state index in [1.54, 1.807) is 0 Å². The van der Waals surface area contributed by atoms with Gasteiger partial charge in [-0.2, -0.15) is 9.13 Å². The summed E-state index contributed by atoms with van der Waals surface area (Å²) < 4.78 is 4.69. The molecule has 1 aromatic heterocycles. The molecule has 32 heavy (non-hydrogen) atoms. The molecule has 2 heteroatoms. The minimum Gasteiger partial charge on any atom is -0.199 e. The van der Waals surface area contributed by atoms with Crippen LogP contribution in [0.25, 0.3) is 33.9 Å². The van der Waals surface area contributed by atoms with E-state index in [0.717, 1.165) is 12.1 Å². The molecule has 1 aliphatic heterocycles. The molecule has 2 nitrogen and oxygen atoms in total. The van der Waals surface area contributed by atoms with Gasteiger partial charge in [-0.05, 0) is 36.5 Å². The monoisotopic (exact) mass is 419 g/mol. The Morgan fingerprint density at radius 1 is 0.906 bits per heavy atom. The largest absolute Gasteiger partial charge is 0.299 e. The molecule has 0 fully saturated rings. The van der Waals surface area contributed by atoms with E-state index >= 15 is 0 Å². The highest BCUT2D eigenvalue weighted by Crippen LogP contribution is 2.47. The minimum atomic E-state index is -0.0831. The minimum absolute atomic E-state index is 0.0831. The van der Waals surface area contributed by atoms with Crippen LogP contribution in [0.4, 0.5) is 0 Å². The maximum atomic E-state index is 4.57. The Balaban J connectivity index is 1.85. The van der Waals surface area contributed by atoms with E-state index < -0.39 is 0 Å². The van der Waals surface area contributed by atoms with Gasteiger partial charge in [0.05, 0.1) is 11.0 Å². The first-order valence-electron chi connectivity index (χ1n) is 11.6. The van der Waals surface area contributed by atoms with Crippen LogP contribution in [0.1, 0.15) is 51.2 Å². The lowest BCUT2D eigenvalue weighted by Crippen LogP contribution is -2.39. The second-order valence-electron chi connectivity index (χ2n) is 9.30. The molecule has 0 saturated heterocycles. The Morgan fingerprint density at radius 3 is 2.31 bits per heavy atom. The molecule has 2 heterocycles. The van der Waals surface area contributed by atoms with Crippen molar-refractivity contribution < 1.29 is 4.57 Å². The third-order valence-electron chi connectivity index (χ3n) is 7.23. The second kappa shape index (κ2) is 7.63. The number of nitrogens with zero attached hydrogens (tertiary/aromatic N) is 2. The molecule has 1 atom stereocenters. The number of hydrogen-bond acceptors (Lipinski definition) is 0. The molecule has 0 spiro atoms. The van der Waals surface area contributed by atoms with Crippen LogP contribution >= 0.6 is 0 Å². The zero-order valence-electron chi connectivity index (χ0n) is 19.5. The molecule has 1 unspecified atom stereocenters. The fourth-order valence-corrected chi connectivity index (χ4v) is 5.17. The van der Waals surface area contributed by atoms with Gasteiger partial charge in [0.2, 0.25) is 0 Å². The summed E-state index contributed by atoms with van der Waals surface area (Å²) in [5.74, 6) is 1.58. The smallest absolute Gasteiger partial charge is 0.199 e. The molecule has 160 valence electrons. The van der Waals surface area contributed by atoms with Gasteiger partial charge in [0.1, 0.15) is 23.8 Å². The summed E-state index contributed by atoms with van der Waals surface area (Å²) in [5.41, 5.74) is 8.78. The van der Waals surface area contributed by atoms with Crippen molar-refractivity contribution in [3.63, 3.8) is 0 Å². The lowest BCUT2D eigenvalue weighted by atomic mass is 9.73. The van der Waals surface area contributed by atoms with Crippen molar-refractivity contribution in [3.05, 3.63) is 103 Å². The van der Waals surface area contributed by atoms with Crippen LogP contribution in [0.5, 0.6) is 0 Å². The van der Waals surface area contributed by atoms with Crippen molar-refractivity contribution in [1.82, 2.24) is 4.57 Å². The molecule has 0 aliphatic carbocycles. The summed E-state index contributed by atoms with van der Waals surface area (Å²) in [6.07, 6.45) is 5.41. The first-order valence-corrected chi connectivity index (χ1v) is 11.6. The van der Waals surface area contributed by atoms with Gasteiger partial charge in [0.25, 0.3) is 5.82 Å². The number of rotatable bonds is 4. The van der Waals surface area contributed by atoms with Gasteiger partial charge in [-0.1, -0.05) is 94.1 Å². The Hall–Kier alpha value is -3.39. The average Bonchev–Trinajstić information content (AvgIpc) is 3.27. The standard InChI is InChI=1S/C30H31N2/c1-6-30(5)22(4)31-19-20-32(29(31)26-15-10-11-18-27(26)30)28-24(21(2)3)16-12-17-25(28)23-13-8-7-9-14-23/h7-21H,4,6H2,1-3,5H3/q+1. The lowest BCUT2D eigenvalue weighted by Gasteiger charge is -2.34. The molecule has 3 aromatic carbocycles. The summed E-state index contributed by atoms with van der Waals surface area (Å²) in [6, 6.07) is 26.2. The predicted molar refractivity (Wildman–Crippen MR) is 134 cm³/mol. The number of allylic oxidation sites excluding steroid dienone is 1. The summed E-state index contributed by atoms with van der Waals surface area (Å²) >= 11 is 0. The number of para-hydroxylation sites is 1. The van der Waals surface area contributed by atoms with Crippen molar-refractivity contribution in [2.24, 2.45) is 0 Å². The summed E-state index contributed by atoms with van der Waals surface area (Å²) in [5, 5.41) is 0. The van der Waals surface area contributed by atoms with Crippen LogP contribution in [0.15, 0.2) is 91.8 Å². The number of benzene rings is 3. The first kappa shape index (κ1) is 20.5. The molecule has 0 radical (unpaired) electrons. The molecule has 0 bridgehead atoms. The molecule has 5 rings (SSSR count). The van der Waals surface area contributed by atoms with Gasteiger partial charge in [-0.3, -0.25) is 0 Å². The van der Waals surface area contributed by atoms with Crippen molar-refractivity contribution >= 4 is 5.70 Å². The molecule has 0 saturated carbocycles. The second-order valence-corrected chi connectivity index (χ2v) is 9.30. The number of aromatic nitrogens is 2. The Kier molecular flexibility index (Phi) is 4.89. The SMILES string of the molecule is C=C1n2cc[n+](-c3c(-c4ccccc4)cccc3C(C)C)c2-c2ccccc2C1(C)CC. The van der Waals surface area contributed by atoms with E-state index in [2.05, 4.69) is 129 Å². The van der Waals surface area contributed by atoms with Gasteiger partial charge in [-0.25, -0.2) is 0 Å². The van der Waals surface area contributed by atoms with E-state index in [-0.39, 0.29) is 5.41 Å². The maximum Gasteiger partial charge on any atom is 0.299 e. The first-order chi connectivity index (χ1) is 15.5. The summed E-state index contributed by atoms with van der Waals surface area (Å²) in [6.45, 7) is 13.7. The number of fused-ring (bicyclic) bond motifs is 3. The Morgan fingerprint density at radius 2 is 1.59 bits per heavy atom. The highest BCUT2D eigenvalue weighted by atomic mass is 15.2. The molecule has 4 aromatic rings. The maximum absolute atomic E-state index is 4.57. The molecule has 0 amide bonds. The Labute approximate surface area is 191 Å².